The van der Waals surface area contributed by atoms with Crippen LogP contribution in [0.25, 0.3) is 0 Å². The van der Waals surface area contributed by atoms with E-state index in [4.69, 9.17) is 16.7 Å². The van der Waals surface area contributed by atoms with E-state index in [0.717, 1.165) is 6.54 Å². The van der Waals surface area contributed by atoms with Crippen LogP contribution < -0.4 is 0 Å². The Labute approximate surface area is 127 Å². The first-order valence-electron chi connectivity index (χ1n) is 6.74. The minimum Gasteiger partial charge on any atom is -0.481 e. The summed E-state index contributed by atoms with van der Waals surface area (Å²) in [7, 11) is 0. The summed E-state index contributed by atoms with van der Waals surface area (Å²) in [6.45, 7) is 3.65. The van der Waals surface area contributed by atoms with Crippen LogP contribution >= 0.6 is 11.6 Å². The van der Waals surface area contributed by atoms with E-state index in [9.17, 15) is 14.9 Å². The number of hydrogen-bond donors (Lipinski definition) is 1. The number of piperidine rings is 1. The number of aliphatic carboxylic acids is 1. The zero-order chi connectivity index (χ0) is 15.6. The lowest BCUT2D eigenvalue weighted by Gasteiger charge is -2.34. The predicted octanol–water partition coefficient (Wildman–Crippen LogP) is 2.79. The van der Waals surface area contributed by atoms with Gasteiger partial charge in [0.1, 0.15) is 0 Å². The van der Waals surface area contributed by atoms with Gasteiger partial charge in [0.2, 0.25) is 0 Å². The third-order valence-corrected chi connectivity index (χ3v) is 4.09. The van der Waals surface area contributed by atoms with Crippen LogP contribution in [0.2, 0.25) is 5.02 Å². The highest BCUT2D eigenvalue weighted by molar-refractivity contribution is 6.31. The van der Waals surface area contributed by atoms with Crippen LogP contribution in [-0.4, -0.2) is 34.0 Å². The predicted molar refractivity (Wildman–Crippen MR) is 78.3 cm³/mol. The largest absolute Gasteiger partial charge is 0.481 e. The van der Waals surface area contributed by atoms with Crippen LogP contribution in [-0.2, 0) is 11.3 Å². The molecule has 0 aliphatic carbocycles. The summed E-state index contributed by atoms with van der Waals surface area (Å²) in [5.41, 5.74) is 0.651. The van der Waals surface area contributed by atoms with E-state index in [2.05, 4.69) is 0 Å². The summed E-state index contributed by atoms with van der Waals surface area (Å²) in [4.78, 5) is 23.5. The zero-order valence-electron chi connectivity index (χ0n) is 11.7. The van der Waals surface area contributed by atoms with E-state index in [1.54, 1.807) is 0 Å². The molecule has 1 N–H and O–H groups in total. The molecular weight excluding hydrogens is 296 g/mol. The minimum atomic E-state index is -0.795. The monoisotopic (exact) mass is 312 g/mol. The van der Waals surface area contributed by atoms with Gasteiger partial charge >= 0.3 is 5.97 Å². The number of carboxylic acids is 1. The van der Waals surface area contributed by atoms with Gasteiger partial charge in [-0.1, -0.05) is 18.5 Å². The molecule has 0 amide bonds. The number of nitro groups is 1. The molecule has 0 bridgehead atoms. The van der Waals surface area contributed by atoms with E-state index in [1.807, 2.05) is 11.8 Å². The Morgan fingerprint density at radius 2 is 2.24 bits per heavy atom. The van der Waals surface area contributed by atoms with Crippen molar-refractivity contribution < 1.29 is 14.8 Å². The number of carbonyl (C=O) groups is 1. The molecule has 0 saturated carbocycles. The second kappa shape index (κ2) is 6.41. The van der Waals surface area contributed by atoms with Crippen molar-refractivity contribution in [1.29, 1.82) is 0 Å². The molecule has 7 heteroatoms. The number of benzene rings is 1. The third kappa shape index (κ3) is 3.92. The van der Waals surface area contributed by atoms with Gasteiger partial charge in [-0.15, -0.1) is 0 Å². The average molecular weight is 313 g/mol. The molecule has 6 nitrogen and oxygen atoms in total. The maximum atomic E-state index is 11.2. The Bertz CT molecular complexity index is 564. The fourth-order valence-electron chi connectivity index (χ4n) is 2.81. The van der Waals surface area contributed by atoms with Crippen LogP contribution in [0.1, 0.15) is 18.9 Å². The van der Waals surface area contributed by atoms with E-state index >= 15 is 0 Å². The second-order valence-electron chi connectivity index (χ2n) is 5.60. The molecule has 1 fully saturated rings. The van der Waals surface area contributed by atoms with Crippen molar-refractivity contribution in [3.63, 3.8) is 0 Å². The molecule has 1 aromatic rings. The molecule has 1 heterocycles. The summed E-state index contributed by atoms with van der Waals surface area (Å²) in [5.74, 6) is -0.916. The van der Waals surface area contributed by atoms with Gasteiger partial charge in [-0.25, -0.2) is 0 Å². The highest BCUT2D eigenvalue weighted by Crippen LogP contribution is 2.27. The third-order valence-electron chi connectivity index (χ3n) is 3.72. The van der Waals surface area contributed by atoms with Gasteiger partial charge in [0, 0.05) is 36.8 Å². The molecule has 1 aliphatic rings. The van der Waals surface area contributed by atoms with Gasteiger partial charge in [-0.3, -0.25) is 19.8 Å². The number of halogens is 1. The summed E-state index contributed by atoms with van der Waals surface area (Å²) >= 11 is 6.09. The van der Waals surface area contributed by atoms with E-state index < -0.39 is 16.8 Å². The lowest BCUT2D eigenvalue weighted by Crippen LogP contribution is -2.42. The maximum Gasteiger partial charge on any atom is 0.307 e. The maximum absolute atomic E-state index is 11.2. The lowest BCUT2D eigenvalue weighted by molar-refractivity contribution is -0.384. The molecule has 1 aromatic carbocycles. The quantitative estimate of drug-likeness (QED) is 0.682. The van der Waals surface area contributed by atoms with E-state index in [1.165, 1.54) is 18.2 Å². The van der Waals surface area contributed by atoms with Crippen molar-refractivity contribution in [3.8, 4) is 0 Å². The molecule has 114 valence electrons. The summed E-state index contributed by atoms with van der Waals surface area (Å²) in [6, 6.07) is 4.33. The van der Waals surface area contributed by atoms with Crippen molar-refractivity contribution >= 4 is 23.3 Å². The summed E-state index contributed by atoms with van der Waals surface area (Å²) < 4.78 is 0. The summed E-state index contributed by atoms with van der Waals surface area (Å²) in [6.07, 6.45) is 0.661. The van der Waals surface area contributed by atoms with Crippen molar-refractivity contribution in [2.24, 2.45) is 11.8 Å². The average Bonchev–Trinajstić information content (AvgIpc) is 2.40. The molecule has 1 aliphatic heterocycles. The molecule has 0 spiro atoms. The molecule has 0 aromatic heterocycles. The topological polar surface area (TPSA) is 83.7 Å². The molecule has 2 rings (SSSR count). The van der Waals surface area contributed by atoms with Crippen LogP contribution in [0, 0.1) is 22.0 Å². The van der Waals surface area contributed by atoms with Crippen molar-refractivity contribution in [1.82, 2.24) is 4.90 Å². The van der Waals surface area contributed by atoms with Gasteiger partial charge < -0.3 is 5.11 Å². The number of hydrogen-bond acceptors (Lipinski definition) is 4. The minimum absolute atomic E-state index is 0.00533. The molecule has 1 saturated heterocycles. The number of nitrogens with zero attached hydrogens (tertiary/aromatic N) is 2. The fraction of sp³-hybridized carbons (Fsp3) is 0.500. The SMILES string of the molecule is CC1CC(C(=O)O)CN(Cc2cc([N+](=O)[O-])ccc2Cl)C1. The molecule has 0 radical (unpaired) electrons. The molecular formula is C14H17ClN2O4. The fourth-order valence-corrected chi connectivity index (χ4v) is 2.98. The van der Waals surface area contributed by atoms with Crippen molar-refractivity contribution in [3.05, 3.63) is 38.9 Å². The van der Waals surface area contributed by atoms with E-state index in [0.29, 0.717) is 30.1 Å². The lowest BCUT2D eigenvalue weighted by atomic mass is 9.90. The number of carboxylic acid groups (broad SMARTS) is 1. The molecule has 21 heavy (non-hydrogen) atoms. The Morgan fingerprint density at radius 1 is 1.52 bits per heavy atom. The number of nitro benzene ring substituents is 1. The Balaban J connectivity index is 2.15. The Hall–Kier alpha value is -1.66. The normalized spacial score (nSPS) is 23.0. The summed E-state index contributed by atoms with van der Waals surface area (Å²) in [5, 5.41) is 20.5. The van der Waals surface area contributed by atoms with Crippen molar-refractivity contribution in [2.75, 3.05) is 13.1 Å². The van der Waals surface area contributed by atoms with Gasteiger partial charge in [0.25, 0.3) is 5.69 Å². The first-order valence-corrected chi connectivity index (χ1v) is 7.12. The number of non-ortho nitro benzene ring substituents is 1. The number of rotatable bonds is 4. The number of likely N-dealkylation sites (tertiary alicyclic amines) is 1. The first kappa shape index (κ1) is 15.7. The van der Waals surface area contributed by atoms with Crippen molar-refractivity contribution in [2.45, 2.75) is 19.9 Å². The van der Waals surface area contributed by atoms with E-state index in [-0.39, 0.29) is 11.6 Å². The van der Waals surface area contributed by atoms with Crippen LogP contribution in [0.4, 0.5) is 5.69 Å². The Kier molecular flexibility index (Phi) is 4.80. The smallest absolute Gasteiger partial charge is 0.307 e. The van der Waals surface area contributed by atoms with Gasteiger partial charge in [0.05, 0.1) is 10.8 Å². The van der Waals surface area contributed by atoms with Gasteiger partial charge in [-0.2, -0.15) is 0 Å². The standard InChI is InChI=1S/C14H17ClN2O4/c1-9-4-11(14(18)19)8-16(6-9)7-10-5-12(17(20)21)2-3-13(10)15/h2-3,5,9,11H,4,6-8H2,1H3,(H,18,19). The zero-order valence-corrected chi connectivity index (χ0v) is 12.4. The first-order chi connectivity index (χ1) is 9.86. The van der Waals surface area contributed by atoms with Crippen LogP contribution in [0.5, 0.6) is 0 Å². The van der Waals surface area contributed by atoms with Crippen LogP contribution in [0.15, 0.2) is 18.2 Å². The Morgan fingerprint density at radius 3 is 2.86 bits per heavy atom. The molecule has 2 atom stereocenters. The molecule has 2 unspecified atom stereocenters. The highest BCUT2D eigenvalue weighted by atomic mass is 35.5. The van der Waals surface area contributed by atoms with Crippen LogP contribution in [0.3, 0.4) is 0 Å². The second-order valence-corrected chi connectivity index (χ2v) is 6.01. The highest BCUT2D eigenvalue weighted by Gasteiger charge is 2.29. The van der Waals surface area contributed by atoms with Gasteiger partial charge in [0.15, 0.2) is 0 Å². The van der Waals surface area contributed by atoms with Gasteiger partial charge in [-0.05, 0) is 24.0 Å².